The Morgan fingerprint density at radius 1 is 1.10 bits per heavy atom. The highest BCUT2D eigenvalue weighted by Gasteiger charge is 2.11. The number of nitrogens with one attached hydrogen (secondary N) is 1. The molecule has 21 heavy (non-hydrogen) atoms. The number of nitrogen functional groups attached to an aromatic ring is 1. The van der Waals surface area contributed by atoms with Crippen LogP contribution in [0.15, 0.2) is 48.8 Å². The minimum Gasteiger partial charge on any atom is -0.399 e. The zero-order valence-electron chi connectivity index (χ0n) is 12.2. The molecule has 0 saturated carbocycles. The third kappa shape index (κ3) is 2.65. The number of hydrogen-bond donors (Lipinski definition) is 2. The second kappa shape index (κ2) is 5.40. The predicted molar refractivity (Wildman–Crippen MR) is 87.2 cm³/mol. The van der Waals surface area contributed by atoms with Gasteiger partial charge in [0.25, 0.3) is 0 Å². The quantitative estimate of drug-likeness (QED) is 0.717. The standard InChI is InChI=1S/C17H18N4/c1-11-5-3-4-6-14(11)12(2)21-17-15-9-13(18)7-8-16(15)19-10-20-17/h3-10,12H,18H2,1-2H3,(H,19,20,21). The topological polar surface area (TPSA) is 63.8 Å². The molecule has 0 aliphatic carbocycles. The van der Waals surface area contributed by atoms with E-state index in [1.165, 1.54) is 11.1 Å². The summed E-state index contributed by atoms with van der Waals surface area (Å²) in [5.41, 5.74) is 9.99. The second-order valence-electron chi connectivity index (χ2n) is 5.22. The van der Waals surface area contributed by atoms with E-state index in [1.54, 1.807) is 6.33 Å². The van der Waals surface area contributed by atoms with Crippen molar-refractivity contribution in [1.82, 2.24) is 9.97 Å². The first-order valence-corrected chi connectivity index (χ1v) is 6.97. The Hall–Kier alpha value is -2.62. The summed E-state index contributed by atoms with van der Waals surface area (Å²) >= 11 is 0. The lowest BCUT2D eigenvalue weighted by Crippen LogP contribution is -2.10. The fraction of sp³-hybridized carbons (Fsp3) is 0.176. The zero-order chi connectivity index (χ0) is 14.8. The first kappa shape index (κ1) is 13.4. The van der Waals surface area contributed by atoms with E-state index in [1.807, 2.05) is 24.3 Å². The fourth-order valence-electron chi connectivity index (χ4n) is 2.54. The zero-order valence-corrected chi connectivity index (χ0v) is 12.2. The van der Waals surface area contributed by atoms with E-state index in [0.717, 1.165) is 16.7 Å². The van der Waals surface area contributed by atoms with Crippen LogP contribution < -0.4 is 11.1 Å². The third-order valence-electron chi connectivity index (χ3n) is 3.67. The van der Waals surface area contributed by atoms with Crippen LogP contribution in [0.2, 0.25) is 0 Å². The van der Waals surface area contributed by atoms with E-state index in [4.69, 9.17) is 5.73 Å². The number of fused-ring (bicyclic) bond motifs is 1. The molecule has 0 saturated heterocycles. The first-order chi connectivity index (χ1) is 10.1. The summed E-state index contributed by atoms with van der Waals surface area (Å²) in [6.45, 7) is 4.24. The minimum atomic E-state index is 0.158. The molecule has 3 rings (SSSR count). The van der Waals surface area contributed by atoms with Crippen molar-refractivity contribution < 1.29 is 0 Å². The molecule has 1 heterocycles. The van der Waals surface area contributed by atoms with Gasteiger partial charge in [0.1, 0.15) is 12.1 Å². The van der Waals surface area contributed by atoms with Crippen LogP contribution >= 0.6 is 0 Å². The Morgan fingerprint density at radius 2 is 1.90 bits per heavy atom. The van der Waals surface area contributed by atoms with Crippen LogP contribution in [0.25, 0.3) is 10.9 Å². The Kier molecular flexibility index (Phi) is 3.44. The molecule has 0 radical (unpaired) electrons. The number of hydrogen-bond acceptors (Lipinski definition) is 4. The maximum Gasteiger partial charge on any atom is 0.137 e. The number of nitrogens with zero attached hydrogens (tertiary/aromatic N) is 2. The molecule has 4 heteroatoms. The largest absolute Gasteiger partial charge is 0.399 e. The molecule has 2 aromatic carbocycles. The molecule has 1 unspecified atom stereocenters. The van der Waals surface area contributed by atoms with Crippen molar-refractivity contribution >= 4 is 22.4 Å². The van der Waals surface area contributed by atoms with Crippen molar-refractivity contribution in [2.75, 3.05) is 11.1 Å². The van der Waals surface area contributed by atoms with Crippen molar-refractivity contribution in [3.05, 3.63) is 59.9 Å². The Morgan fingerprint density at radius 3 is 2.71 bits per heavy atom. The molecular formula is C17H18N4. The molecule has 4 nitrogen and oxygen atoms in total. The average molecular weight is 278 g/mol. The lowest BCUT2D eigenvalue weighted by atomic mass is 10.0. The molecule has 1 aromatic heterocycles. The summed E-state index contributed by atoms with van der Waals surface area (Å²) < 4.78 is 0. The molecule has 0 aliphatic rings. The number of benzene rings is 2. The predicted octanol–water partition coefficient (Wildman–Crippen LogP) is 3.69. The molecule has 0 aliphatic heterocycles. The highest BCUT2D eigenvalue weighted by atomic mass is 15.0. The second-order valence-corrected chi connectivity index (χ2v) is 5.22. The molecule has 0 bridgehead atoms. The fourth-order valence-corrected chi connectivity index (χ4v) is 2.54. The molecule has 0 spiro atoms. The van der Waals surface area contributed by atoms with Crippen LogP contribution in [-0.2, 0) is 0 Å². The molecule has 3 aromatic rings. The van der Waals surface area contributed by atoms with Gasteiger partial charge < -0.3 is 11.1 Å². The van der Waals surface area contributed by atoms with Gasteiger partial charge >= 0.3 is 0 Å². The number of aromatic nitrogens is 2. The number of nitrogens with two attached hydrogens (primary N) is 1. The molecule has 0 amide bonds. The van der Waals surface area contributed by atoms with Gasteiger partial charge in [-0.1, -0.05) is 24.3 Å². The van der Waals surface area contributed by atoms with Gasteiger partial charge in [-0.3, -0.25) is 0 Å². The van der Waals surface area contributed by atoms with Gasteiger partial charge in [0.15, 0.2) is 0 Å². The molecule has 0 fully saturated rings. The first-order valence-electron chi connectivity index (χ1n) is 6.97. The van der Waals surface area contributed by atoms with Gasteiger partial charge in [-0.15, -0.1) is 0 Å². The summed E-state index contributed by atoms with van der Waals surface area (Å²) in [7, 11) is 0. The maximum atomic E-state index is 5.88. The van der Waals surface area contributed by atoms with Gasteiger partial charge in [0.05, 0.1) is 11.6 Å². The van der Waals surface area contributed by atoms with Gasteiger partial charge in [-0.2, -0.15) is 0 Å². The Balaban J connectivity index is 1.98. The van der Waals surface area contributed by atoms with E-state index in [0.29, 0.717) is 5.69 Å². The van der Waals surface area contributed by atoms with Crippen molar-refractivity contribution in [2.45, 2.75) is 19.9 Å². The smallest absolute Gasteiger partial charge is 0.137 e. The normalized spacial score (nSPS) is 12.3. The van der Waals surface area contributed by atoms with Crippen molar-refractivity contribution in [3.8, 4) is 0 Å². The third-order valence-corrected chi connectivity index (χ3v) is 3.67. The maximum absolute atomic E-state index is 5.88. The Bertz CT molecular complexity index is 783. The van der Waals surface area contributed by atoms with Gasteiger partial charge in [0, 0.05) is 11.1 Å². The highest BCUT2D eigenvalue weighted by molar-refractivity contribution is 5.91. The van der Waals surface area contributed by atoms with Crippen molar-refractivity contribution in [2.24, 2.45) is 0 Å². The summed E-state index contributed by atoms with van der Waals surface area (Å²) in [6, 6.07) is 14.2. The Labute approximate surface area is 124 Å². The molecule has 1 atom stereocenters. The monoisotopic (exact) mass is 278 g/mol. The van der Waals surface area contributed by atoms with Crippen LogP contribution in [-0.4, -0.2) is 9.97 Å². The summed E-state index contributed by atoms with van der Waals surface area (Å²) in [6.07, 6.45) is 1.57. The van der Waals surface area contributed by atoms with E-state index >= 15 is 0 Å². The summed E-state index contributed by atoms with van der Waals surface area (Å²) in [4.78, 5) is 8.64. The number of aryl methyl sites for hydroxylation is 1. The lowest BCUT2D eigenvalue weighted by molar-refractivity contribution is 0.866. The van der Waals surface area contributed by atoms with Crippen molar-refractivity contribution in [1.29, 1.82) is 0 Å². The van der Waals surface area contributed by atoms with E-state index < -0.39 is 0 Å². The minimum absolute atomic E-state index is 0.158. The van der Waals surface area contributed by atoms with Crippen LogP contribution in [0, 0.1) is 6.92 Å². The van der Waals surface area contributed by atoms with Gasteiger partial charge in [-0.05, 0) is 43.2 Å². The summed E-state index contributed by atoms with van der Waals surface area (Å²) in [5, 5.41) is 4.41. The van der Waals surface area contributed by atoms with E-state index in [2.05, 4.69) is 47.3 Å². The van der Waals surface area contributed by atoms with Gasteiger partial charge in [-0.25, -0.2) is 9.97 Å². The van der Waals surface area contributed by atoms with E-state index in [-0.39, 0.29) is 6.04 Å². The van der Waals surface area contributed by atoms with Crippen LogP contribution in [0.4, 0.5) is 11.5 Å². The average Bonchev–Trinajstić information content (AvgIpc) is 2.48. The SMILES string of the molecule is Cc1ccccc1C(C)Nc1ncnc2ccc(N)cc12. The summed E-state index contributed by atoms with van der Waals surface area (Å²) in [5.74, 6) is 0.808. The van der Waals surface area contributed by atoms with Crippen LogP contribution in [0.3, 0.4) is 0 Å². The van der Waals surface area contributed by atoms with Gasteiger partial charge in [0.2, 0.25) is 0 Å². The van der Waals surface area contributed by atoms with E-state index in [9.17, 15) is 0 Å². The lowest BCUT2D eigenvalue weighted by Gasteiger charge is -2.18. The molecular weight excluding hydrogens is 260 g/mol. The molecule has 106 valence electrons. The van der Waals surface area contributed by atoms with Crippen LogP contribution in [0.1, 0.15) is 24.1 Å². The number of rotatable bonds is 3. The molecule has 3 N–H and O–H groups in total. The van der Waals surface area contributed by atoms with Crippen LogP contribution in [0.5, 0.6) is 0 Å². The highest BCUT2D eigenvalue weighted by Crippen LogP contribution is 2.26. The number of anilines is 2. The van der Waals surface area contributed by atoms with Crippen molar-refractivity contribution in [3.63, 3.8) is 0 Å².